The number of H-pyrrole nitrogens is 1. The van der Waals surface area contributed by atoms with Gasteiger partial charge in [0.25, 0.3) is 0 Å². The van der Waals surface area contributed by atoms with Gasteiger partial charge in [0.15, 0.2) is 5.43 Å². The summed E-state index contributed by atoms with van der Waals surface area (Å²) in [4.78, 5) is 28.8. The molecular weight excluding hydrogens is 527 g/mol. The zero-order valence-electron chi connectivity index (χ0n) is 17.0. The van der Waals surface area contributed by atoms with Crippen LogP contribution in [-0.2, 0) is 28.9 Å². The largest absolute Gasteiger partial charge is 0.381 e. The van der Waals surface area contributed by atoms with Crippen molar-refractivity contribution < 1.29 is 9.53 Å². The monoisotopic (exact) mass is 550 g/mol. The lowest BCUT2D eigenvalue weighted by Crippen LogP contribution is -2.27. The molecule has 3 aromatic rings. The minimum atomic E-state index is -0.187. The molecule has 0 saturated carbocycles. The molecule has 1 saturated heterocycles. The Morgan fingerprint density at radius 3 is 2.65 bits per heavy atom. The fourth-order valence-electron chi connectivity index (χ4n) is 3.96. The van der Waals surface area contributed by atoms with Gasteiger partial charge in [-0.2, -0.15) is 0 Å². The number of amides is 1. The topological polar surface area (TPSA) is 71.2 Å². The molecule has 2 heterocycles. The predicted octanol–water partition coefficient (Wildman–Crippen LogP) is 4.61. The zero-order valence-corrected chi connectivity index (χ0v) is 20.0. The molecule has 0 radical (unpaired) electrons. The molecule has 1 amide bonds. The molecule has 2 aromatic carbocycles. The third-order valence-corrected chi connectivity index (χ3v) is 6.80. The van der Waals surface area contributed by atoms with E-state index < -0.39 is 0 Å². The van der Waals surface area contributed by atoms with E-state index in [9.17, 15) is 9.59 Å². The number of aromatic nitrogens is 1. The molecule has 0 atom stereocenters. The van der Waals surface area contributed by atoms with Gasteiger partial charge in [0.05, 0.1) is 11.9 Å². The standard InChI is InChI=1S/C24H24ClIN2O3/c25-19-3-1-16(2-4-19)13-27-22(29)12-18-14-28-23-20(24(18)30)10-17(11-21(23)26)9-15-5-7-31-8-6-15/h1-4,10-11,14-15H,5-9,12-13H2,(H,27,29)(H,28,30). The van der Waals surface area contributed by atoms with E-state index in [1.807, 2.05) is 18.2 Å². The highest BCUT2D eigenvalue weighted by molar-refractivity contribution is 14.1. The van der Waals surface area contributed by atoms with Crippen molar-refractivity contribution in [2.24, 2.45) is 5.92 Å². The summed E-state index contributed by atoms with van der Waals surface area (Å²) in [7, 11) is 0. The average Bonchev–Trinajstić information content (AvgIpc) is 2.76. The second kappa shape index (κ2) is 10.1. The Morgan fingerprint density at radius 2 is 1.90 bits per heavy atom. The average molecular weight is 551 g/mol. The molecule has 1 aromatic heterocycles. The number of pyridine rings is 1. The number of benzene rings is 2. The van der Waals surface area contributed by atoms with Crippen LogP contribution in [-0.4, -0.2) is 24.1 Å². The lowest BCUT2D eigenvalue weighted by atomic mass is 9.92. The molecule has 162 valence electrons. The van der Waals surface area contributed by atoms with Gasteiger partial charge in [0.1, 0.15) is 0 Å². The summed E-state index contributed by atoms with van der Waals surface area (Å²) in [5, 5.41) is 4.18. The molecule has 5 nitrogen and oxygen atoms in total. The Bertz CT molecular complexity index is 1140. The summed E-state index contributed by atoms with van der Waals surface area (Å²) in [5.74, 6) is 0.399. The van der Waals surface area contributed by atoms with Gasteiger partial charge in [-0.15, -0.1) is 0 Å². The third kappa shape index (κ3) is 5.67. The minimum Gasteiger partial charge on any atom is -0.381 e. The van der Waals surface area contributed by atoms with Crippen molar-refractivity contribution in [3.05, 3.63) is 78.1 Å². The number of halogens is 2. The lowest BCUT2D eigenvalue weighted by molar-refractivity contribution is -0.120. The number of rotatable bonds is 6. The Morgan fingerprint density at radius 1 is 1.16 bits per heavy atom. The lowest BCUT2D eigenvalue weighted by Gasteiger charge is -2.22. The van der Waals surface area contributed by atoms with E-state index in [2.05, 4.69) is 39.0 Å². The predicted molar refractivity (Wildman–Crippen MR) is 132 cm³/mol. The molecule has 7 heteroatoms. The molecule has 0 aliphatic carbocycles. The van der Waals surface area contributed by atoms with Crippen LogP contribution in [0.4, 0.5) is 0 Å². The fourth-order valence-corrected chi connectivity index (χ4v) is 4.93. The van der Waals surface area contributed by atoms with Gasteiger partial charge in [0, 0.05) is 45.5 Å². The van der Waals surface area contributed by atoms with E-state index in [0.29, 0.717) is 28.4 Å². The van der Waals surface area contributed by atoms with Gasteiger partial charge >= 0.3 is 0 Å². The van der Waals surface area contributed by atoms with Crippen LogP contribution >= 0.6 is 34.2 Å². The molecule has 1 fully saturated rings. The van der Waals surface area contributed by atoms with Crippen LogP contribution in [0.1, 0.15) is 29.5 Å². The van der Waals surface area contributed by atoms with E-state index in [4.69, 9.17) is 16.3 Å². The van der Waals surface area contributed by atoms with Crippen molar-refractivity contribution in [1.82, 2.24) is 10.3 Å². The maximum absolute atomic E-state index is 13.1. The van der Waals surface area contributed by atoms with E-state index in [1.165, 1.54) is 5.56 Å². The molecule has 1 aliphatic rings. The Labute approximate surface area is 199 Å². The van der Waals surface area contributed by atoms with Gasteiger partial charge in [-0.25, -0.2) is 0 Å². The highest BCUT2D eigenvalue weighted by Gasteiger charge is 2.17. The van der Waals surface area contributed by atoms with Crippen LogP contribution < -0.4 is 10.7 Å². The summed E-state index contributed by atoms with van der Waals surface area (Å²) < 4.78 is 6.48. The van der Waals surface area contributed by atoms with Crippen molar-refractivity contribution in [3.8, 4) is 0 Å². The fraction of sp³-hybridized carbons (Fsp3) is 0.333. The van der Waals surface area contributed by atoms with E-state index in [1.54, 1.807) is 18.3 Å². The van der Waals surface area contributed by atoms with Crippen LogP contribution in [0.15, 0.2) is 47.4 Å². The van der Waals surface area contributed by atoms with Gasteiger partial charge in [-0.3, -0.25) is 9.59 Å². The van der Waals surface area contributed by atoms with Gasteiger partial charge in [0.2, 0.25) is 5.91 Å². The molecule has 0 bridgehead atoms. The normalized spacial score (nSPS) is 14.6. The van der Waals surface area contributed by atoms with Gasteiger partial charge < -0.3 is 15.0 Å². The SMILES string of the molecule is O=C(Cc1c[nH]c2c(I)cc(CC3CCOCC3)cc2c1=O)NCc1ccc(Cl)cc1. The molecule has 4 rings (SSSR count). The first-order chi connectivity index (χ1) is 15.0. The molecule has 0 spiro atoms. The first-order valence-corrected chi connectivity index (χ1v) is 11.9. The van der Waals surface area contributed by atoms with Crippen molar-refractivity contribution >= 4 is 51.0 Å². The van der Waals surface area contributed by atoms with Crippen LogP contribution in [0.25, 0.3) is 10.9 Å². The highest BCUT2D eigenvalue weighted by Crippen LogP contribution is 2.25. The second-order valence-corrected chi connectivity index (χ2v) is 9.58. The number of ether oxygens (including phenoxy) is 1. The van der Waals surface area contributed by atoms with E-state index in [-0.39, 0.29) is 17.8 Å². The highest BCUT2D eigenvalue weighted by atomic mass is 127. The van der Waals surface area contributed by atoms with E-state index >= 15 is 0 Å². The van der Waals surface area contributed by atoms with Crippen LogP contribution in [0.2, 0.25) is 5.02 Å². The van der Waals surface area contributed by atoms with Crippen molar-refractivity contribution in [3.63, 3.8) is 0 Å². The number of hydrogen-bond donors (Lipinski definition) is 2. The summed E-state index contributed by atoms with van der Waals surface area (Å²) in [5.41, 5.74) is 3.34. The molecule has 0 unspecified atom stereocenters. The van der Waals surface area contributed by atoms with Crippen LogP contribution in [0.3, 0.4) is 0 Å². The quantitative estimate of drug-likeness (QED) is 0.440. The second-order valence-electron chi connectivity index (χ2n) is 7.98. The Balaban J connectivity index is 1.49. The summed E-state index contributed by atoms with van der Waals surface area (Å²) in [6, 6.07) is 11.4. The summed E-state index contributed by atoms with van der Waals surface area (Å²) in [6.45, 7) is 2.02. The number of aromatic amines is 1. The molecule has 31 heavy (non-hydrogen) atoms. The van der Waals surface area contributed by atoms with Crippen molar-refractivity contribution in [2.75, 3.05) is 13.2 Å². The maximum Gasteiger partial charge on any atom is 0.224 e. The number of carbonyl (C=O) groups is 1. The number of nitrogens with one attached hydrogen (secondary N) is 2. The Hall–Kier alpha value is -1.90. The number of hydrogen-bond acceptors (Lipinski definition) is 3. The zero-order chi connectivity index (χ0) is 21.8. The number of fused-ring (bicyclic) bond motifs is 1. The van der Waals surface area contributed by atoms with Gasteiger partial charge in [-0.05, 0) is 83.2 Å². The first kappa shape index (κ1) is 22.3. The summed E-state index contributed by atoms with van der Waals surface area (Å²) >= 11 is 8.16. The third-order valence-electron chi connectivity index (χ3n) is 5.70. The molecule has 1 aliphatic heterocycles. The maximum atomic E-state index is 13.1. The van der Waals surface area contributed by atoms with Crippen molar-refractivity contribution in [2.45, 2.75) is 32.2 Å². The first-order valence-electron chi connectivity index (χ1n) is 10.4. The molecular formula is C24H24ClIN2O3. The van der Waals surface area contributed by atoms with Crippen LogP contribution in [0.5, 0.6) is 0 Å². The van der Waals surface area contributed by atoms with Crippen molar-refractivity contribution in [1.29, 1.82) is 0 Å². The van der Waals surface area contributed by atoms with Crippen LogP contribution in [0, 0.1) is 9.49 Å². The minimum absolute atomic E-state index is 0.0413. The van der Waals surface area contributed by atoms with Gasteiger partial charge in [-0.1, -0.05) is 23.7 Å². The Kier molecular flexibility index (Phi) is 7.30. The smallest absolute Gasteiger partial charge is 0.224 e. The number of carbonyl (C=O) groups excluding carboxylic acids is 1. The summed E-state index contributed by atoms with van der Waals surface area (Å²) in [6.07, 6.45) is 4.75. The van der Waals surface area contributed by atoms with E-state index in [0.717, 1.165) is 47.1 Å². The molecule has 2 N–H and O–H groups in total.